The van der Waals surface area contributed by atoms with E-state index in [0.29, 0.717) is 24.2 Å². The number of ether oxygens (including phenoxy) is 1. The molecule has 2 aromatic carbocycles. The number of hydrogen-bond acceptors (Lipinski definition) is 3. The van der Waals surface area contributed by atoms with Crippen LogP contribution in [0.15, 0.2) is 55.1 Å². The summed E-state index contributed by atoms with van der Waals surface area (Å²) in [7, 11) is 1.56. The summed E-state index contributed by atoms with van der Waals surface area (Å²) in [6, 6.07) is 16.8. The zero-order valence-electron chi connectivity index (χ0n) is 12.5. The largest absolute Gasteiger partial charge is 0.497 e. The van der Waals surface area contributed by atoms with Crippen LogP contribution in [0.4, 0.5) is 0 Å². The number of methoxy groups -OCH3 is 1. The molecule has 0 unspecified atom stereocenters. The Balaban J connectivity index is 2.13. The van der Waals surface area contributed by atoms with E-state index < -0.39 is 0 Å². The van der Waals surface area contributed by atoms with Gasteiger partial charge in [-0.25, -0.2) is 0 Å². The quantitative estimate of drug-likeness (QED) is 0.765. The van der Waals surface area contributed by atoms with E-state index in [1.54, 1.807) is 25.3 Å². The van der Waals surface area contributed by atoms with Crippen molar-refractivity contribution in [2.24, 2.45) is 0 Å². The normalized spacial score (nSPS) is 9.82. The van der Waals surface area contributed by atoms with E-state index in [1.165, 1.54) is 0 Å². The van der Waals surface area contributed by atoms with Crippen molar-refractivity contribution in [3.63, 3.8) is 0 Å². The van der Waals surface area contributed by atoms with Gasteiger partial charge in [0.05, 0.1) is 18.7 Å². The average molecular weight is 291 g/mol. The molecule has 0 saturated heterocycles. The minimum Gasteiger partial charge on any atom is -0.497 e. The van der Waals surface area contributed by atoms with Gasteiger partial charge in [0.1, 0.15) is 11.5 Å². The lowest BCUT2D eigenvalue weighted by molar-refractivity contribution is -0.117. The van der Waals surface area contributed by atoms with E-state index in [-0.39, 0.29) is 5.78 Å². The Bertz CT molecular complexity index is 741. The summed E-state index contributed by atoms with van der Waals surface area (Å²) in [6.45, 7) is 3.85. The molecule has 110 valence electrons. The van der Waals surface area contributed by atoms with Crippen LogP contribution >= 0.6 is 0 Å². The third-order valence-corrected chi connectivity index (χ3v) is 3.41. The Morgan fingerprint density at radius 3 is 2.68 bits per heavy atom. The predicted molar refractivity (Wildman–Crippen MR) is 86.1 cm³/mol. The van der Waals surface area contributed by atoms with Gasteiger partial charge in [-0.05, 0) is 23.3 Å². The van der Waals surface area contributed by atoms with Gasteiger partial charge in [-0.2, -0.15) is 5.26 Å². The van der Waals surface area contributed by atoms with Crippen LogP contribution in [0.1, 0.15) is 22.3 Å². The maximum absolute atomic E-state index is 12.3. The second-order valence-electron chi connectivity index (χ2n) is 4.99. The molecule has 0 spiro atoms. The van der Waals surface area contributed by atoms with Crippen LogP contribution in [0.2, 0.25) is 0 Å². The summed E-state index contributed by atoms with van der Waals surface area (Å²) < 4.78 is 5.17. The maximum atomic E-state index is 12.3. The second-order valence-corrected chi connectivity index (χ2v) is 4.99. The van der Waals surface area contributed by atoms with Gasteiger partial charge in [-0.1, -0.05) is 43.0 Å². The highest BCUT2D eigenvalue weighted by Crippen LogP contribution is 2.19. The van der Waals surface area contributed by atoms with Gasteiger partial charge in [0.25, 0.3) is 0 Å². The van der Waals surface area contributed by atoms with Gasteiger partial charge in [-0.15, -0.1) is 0 Å². The van der Waals surface area contributed by atoms with E-state index in [9.17, 15) is 4.79 Å². The Hall–Kier alpha value is -2.86. The number of nitrogens with zero attached hydrogens (tertiary/aromatic N) is 1. The molecule has 0 N–H and O–H groups in total. The zero-order chi connectivity index (χ0) is 15.9. The highest BCUT2D eigenvalue weighted by atomic mass is 16.5. The molecule has 0 aliphatic carbocycles. The summed E-state index contributed by atoms with van der Waals surface area (Å²) in [4.78, 5) is 12.3. The standard InChI is InChI=1S/C19H17NO2/c1-14(22-2)19-9-4-3-8-17(19)12-18(21)11-15-6-5-7-16(10-15)13-20/h3-10H,1,11-12H2,2H3. The maximum Gasteiger partial charge on any atom is 0.141 e. The Kier molecular flexibility index (Phi) is 5.11. The molecule has 0 atom stereocenters. The van der Waals surface area contributed by atoms with Gasteiger partial charge in [0.2, 0.25) is 0 Å². The first-order chi connectivity index (χ1) is 10.6. The van der Waals surface area contributed by atoms with E-state index in [4.69, 9.17) is 10.00 Å². The summed E-state index contributed by atoms with van der Waals surface area (Å²) in [5, 5.41) is 8.90. The molecule has 3 heteroatoms. The molecule has 22 heavy (non-hydrogen) atoms. The number of ketones is 1. The fourth-order valence-electron chi connectivity index (χ4n) is 2.31. The van der Waals surface area contributed by atoms with Crippen LogP contribution in [0.3, 0.4) is 0 Å². The van der Waals surface area contributed by atoms with Crippen LogP contribution in [-0.4, -0.2) is 12.9 Å². The Labute approximate surface area is 130 Å². The van der Waals surface area contributed by atoms with Crippen LogP contribution in [0, 0.1) is 11.3 Å². The SMILES string of the molecule is C=C(OC)c1ccccc1CC(=O)Cc1cccc(C#N)c1. The van der Waals surface area contributed by atoms with Gasteiger partial charge in [-0.3, -0.25) is 4.79 Å². The van der Waals surface area contributed by atoms with Crippen LogP contribution < -0.4 is 0 Å². The first-order valence-electron chi connectivity index (χ1n) is 6.96. The van der Waals surface area contributed by atoms with Gasteiger partial charge in [0.15, 0.2) is 0 Å². The number of rotatable bonds is 6. The molecule has 0 aliphatic rings. The Morgan fingerprint density at radius 2 is 1.95 bits per heavy atom. The third-order valence-electron chi connectivity index (χ3n) is 3.41. The van der Waals surface area contributed by atoms with Gasteiger partial charge < -0.3 is 4.74 Å². The Morgan fingerprint density at radius 1 is 1.18 bits per heavy atom. The molecule has 0 fully saturated rings. The van der Waals surface area contributed by atoms with Crippen molar-refractivity contribution in [2.45, 2.75) is 12.8 Å². The molecule has 0 amide bonds. The third kappa shape index (κ3) is 3.83. The molecule has 2 aromatic rings. The van der Waals surface area contributed by atoms with Crippen molar-refractivity contribution in [3.8, 4) is 6.07 Å². The van der Waals surface area contributed by atoms with Gasteiger partial charge >= 0.3 is 0 Å². The zero-order valence-corrected chi connectivity index (χ0v) is 12.5. The molecule has 0 heterocycles. The summed E-state index contributed by atoms with van der Waals surface area (Å²) in [6.07, 6.45) is 0.624. The fourth-order valence-corrected chi connectivity index (χ4v) is 2.31. The minimum absolute atomic E-state index is 0.0893. The number of carbonyl (C=O) groups is 1. The average Bonchev–Trinajstić information content (AvgIpc) is 2.54. The van der Waals surface area contributed by atoms with Crippen LogP contribution in [-0.2, 0) is 22.4 Å². The molecular formula is C19H17NO2. The van der Waals surface area contributed by atoms with E-state index in [2.05, 4.69) is 12.6 Å². The number of Topliss-reactive ketones (excluding diaryl/α,β-unsaturated/α-hetero) is 1. The lowest BCUT2D eigenvalue weighted by atomic mass is 9.97. The molecule has 0 aliphatic heterocycles. The van der Waals surface area contributed by atoms with E-state index in [1.807, 2.05) is 30.3 Å². The summed E-state index contributed by atoms with van der Waals surface area (Å²) >= 11 is 0. The van der Waals surface area contributed by atoms with Crippen molar-refractivity contribution >= 4 is 11.5 Å². The molecule has 2 rings (SSSR count). The molecule has 3 nitrogen and oxygen atoms in total. The lowest BCUT2D eigenvalue weighted by Gasteiger charge is -2.10. The highest BCUT2D eigenvalue weighted by molar-refractivity contribution is 5.84. The lowest BCUT2D eigenvalue weighted by Crippen LogP contribution is -2.08. The van der Waals surface area contributed by atoms with Crippen molar-refractivity contribution in [1.82, 2.24) is 0 Å². The van der Waals surface area contributed by atoms with Crippen molar-refractivity contribution in [3.05, 3.63) is 77.4 Å². The minimum atomic E-state index is 0.0893. The van der Waals surface area contributed by atoms with Crippen molar-refractivity contribution in [2.75, 3.05) is 7.11 Å². The number of hydrogen-bond donors (Lipinski definition) is 0. The van der Waals surface area contributed by atoms with Gasteiger partial charge in [0, 0.05) is 18.4 Å². The molecule has 0 aromatic heterocycles. The predicted octanol–water partition coefficient (Wildman–Crippen LogP) is 3.53. The topological polar surface area (TPSA) is 50.1 Å². The first-order valence-corrected chi connectivity index (χ1v) is 6.96. The molecular weight excluding hydrogens is 274 g/mol. The summed E-state index contributed by atoms with van der Waals surface area (Å²) in [5.41, 5.74) is 3.17. The summed E-state index contributed by atoms with van der Waals surface area (Å²) in [5.74, 6) is 0.640. The molecule has 0 bridgehead atoms. The van der Waals surface area contributed by atoms with E-state index in [0.717, 1.165) is 16.7 Å². The molecule has 0 saturated carbocycles. The number of carbonyl (C=O) groups excluding carboxylic acids is 1. The smallest absolute Gasteiger partial charge is 0.141 e. The first kappa shape index (κ1) is 15.5. The fraction of sp³-hybridized carbons (Fsp3) is 0.158. The van der Waals surface area contributed by atoms with Crippen molar-refractivity contribution in [1.29, 1.82) is 5.26 Å². The van der Waals surface area contributed by atoms with Crippen LogP contribution in [0.5, 0.6) is 0 Å². The monoisotopic (exact) mass is 291 g/mol. The number of benzene rings is 2. The number of nitriles is 1. The second kappa shape index (κ2) is 7.24. The molecule has 0 radical (unpaired) electrons. The highest BCUT2D eigenvalue weighted by Gasteiger charge is 2.11. The van der Waals surface area contributed by atoms with Crippen LogP contribution in [0.25, 0.3) is 5.76 Å². The van der Waals surface area contributed by atoms with E-state index >= 15 is 0 Å². The van der Waals surface area contributed by atoms with Crippen molar-refractivity contribution < 1.29 is 9.53 Å².